The third-order valence-corrected chi connectivity index (χ3v) is 18.0. The molecule has 3 saturated heterocycles. The largest absolute Gasteiger partial charge is 0.464 e. The SMILES string of the molecule is COC(=O)NC(C(=O)N1[C@@H]2C[C@@H]2C[C@H]1c1ncc(-c2ccc3c(c2)cc2n3C(c3cnc(C4CCC4)s3)Oc3cc(-c4cnc([C@@H]5CCCN5C(=O)[C@@H](NC(=O)OC)C(C)C)[nH]4)cc(C)c3-2)[nH]1)C1CCOC(C)(C)C1. The predicted molar refractivity (Wildman–Crippen MR) is 281 cm³/mol. The fraction of sp³-hybridized carbons (Fsp3) is 0.518. The van der Waals surface area contributed by atoms with Crippen molar-refractivity contribution >= 4 is 46.2 Å². The zero-order valence-corrected chi connectivity index (χ0v) is 44.4. The molecule has 5 fully saturated rings. The first-order chi connectivity index (χ1) is 36.2. The topological polar surface area (TPSA) is 211 Å². The number of alkyl carbamates (subject to hydrolysis) is 2. The highest BCUT2D eigenvalue weighted by molar-refractivity contribution is 7.11. The first kappa shape index (κ1) is 49.2. The van der Waals surface area contributed by atoms with Gasteiger partial charge in [-0.15, -0.1) is 11.3 Å². The smallest absolute Gasteiger partial charge is 0.407 e. The Bertz CT molecular complexity index is 3210. The van der Waals surface area contributed by atoms with Gasteiger partial charge in [-0.2, -0.15) is 0 Å². The number of thiazole rings is 1. The molecule has 12 rings (SSSR count). The normalized spacial score (nSPS) is 24.4. The van der Waals surface area contributed by atoms with E-state index in [1.807, 2.05) is 56.1 Å². The van der Waals surface area contributed by atoms with Crippen molar-refractivity contribution in [2.45, 2.75) is 140 Å². The van der Waals surface area contributed by atoms with Crippen LogP contribution >= 0.6 is 11.3 Å². The zero-order valence-electron chi connectivity index (χ0n) is 43.6. The number of methoxy groups -OCH3 is 2. The Morgan fingerprint density at radius 2 is 1.59 bits per heavy atom. The number of hydrogen-bond acceptors (Lipinski definition) is 12. The second kappa shape index (κ2) is 19.1. The molecular weight excluding hydrogens is 973 g/mol. The van der Waals surface area contributed by atoms with E-state index in [2.05, 4.69) is 68.5 Å². The number of aromatic amines is 2. The van der Waals surface area contributed by atoms with Crippen molar-refractivity contribution < 1.29 is 38.1 Å². The highest BCUT2D eigenvalue weighted by Gasteiger charge is 2.57. The van der Waals surface area contributed by atoms with E-state index in [0.717, 1.165) is 110 Å². The number of aromatic nitrogens is 6. The van der Waals surface area contributed by atoms with Gasteiger partial charge in [-0.3, -0.25) is 14.2 Å². The Balaban J connectivity index is 0.852. The lowest BCUT2D eigenvalue weighted by Crippen LogP contribution is -2.55. The Hall–Kier alpha value is -6.73. The Kier molecular flexibility index (Phi) is 12.5. The molecule has 4 aromatic heterocycles. The van der Waals surface area contributed by atoms with Crippen LogP contribution in [0.15, 0.2) is 55.0 Å². The van der Waals surface area contributed by atoms with E-state index >= 15 is 0 Å². The molecular formula is C56H66N10O8S. The Labute approximate surface area is 439 Å². The number of nitrogens with zero attached hydrogens (tertiary/aromatic N) is 6. The molecule has 4 N–H and O–H groups in total. The van der Waals surface area contributed by atoms with Crippen molar-refractivity contribution in [2.75, 3.05) is 27.4 Å². The number of hydrogen-bond donors (Lipinski definition) is 4. The van der Waals surface area contributed by atoms with E-state index in [4.69, 9.17) is 33.9 Å². The molecule has 2 saturated carbocycles. The molecule has 19 heteroatoms. The number of amides is 4. The summed E-state index contributed by atoms with van der Waals surface area (Å²) in [5, 5.41) is 7.85. The van der Waals surface area contributed by atoms with Gasteiger partial charge in [-0.25, -0.2) is 24.5 Å². The van der Waals surface area contributed by atoms with E-state index in [0.29, 0.717) is 43.7 Å². The number of carbonyl (C=O) groups excluding carboxylic acids is 4. The van der Waals surface area contributed by atoms with Gasteiger partial charge >= 0.3 is 12.2 Å². The molecule has 394 valence electrons. The molecule has 0 spiro atoms. The maximum Gasteiger partial charge on any atom is 0.407 e. The van der Waals surface area contributed by atoms with Crippen LogP contribution in [0.5, 0.6) is 5.75 Å². The number of ether oxygens (including phenoxy) is 4. The number of imidazole rings is 2. The monoisotopic (exact) mass is 1040 g/mol. The zero-order chi connectivity index (χ0) is 52.0. The maximum absolute atomic E-state index is 14.7. The van der Waals surface area contributed by atoms with Crippen LogP contribution in [0.2, 0.25) is 0 Å². The van der Waals surface area contributed by atoms with Crippen molar-refractivity contribution in [1.29, 1.82) is 0 Å². The average molecular weight is 1040 g/mol. The minimum atomic E-state index is -0.740. The van der Waals surface area contributed by atoms with E-state index in [1.54, 1.807) is 11.3 Å². The second-order valence-electron chi connectivity index (χ2n) is 22.5. The molecule has 6 aliphatic rings. The molecule has 18 nitrogen and oxygen atoms in total. The van der Waals surface area contributed by atoms with Crippen LogP contribution in [-0.2, 0) is 23.8 Å². The fourth-order valence-corrected chi connectivity index (χ4v) is 13.7. The van der Waals surface area contributed by atoms with Crippen LogP contribution in [-0.4, -0.2) is 114 Å². The lowest BCUT2D eigenvalue weighted by molar-refractivity contribution is -0.140. The van der Waals surface area contributed by atoms with E-state index in [1.165, 1.54) is 20.6 Å². The number of carbonyl (C=O) groups is 4. The first-order valence-electron chi connectivity index (χ1n) is 26.6. The maximum atomic E-state index is 14.7. The summed E-state index contributed by atoms with van der Waals surface area (Å²) in [6.45, 7) is 11.1. The number of H-pyrrole nitrogens is 2. The third kappa shape index (κ3) is 8.92. The lowest BCUT2D eigenvalue weighted by atomic mass is 9.82. The van der Waals surface area contributed by atoms with Crippen LogP contribution in [0.25, 0.3) is 44.7 Å². The number of piperidine rings is 1. The summed E-state index contributed by atoms with van der Waals surface area (Å²) in [5.74, 6) is 2.56. The minimum absolute atomic E-state index is 0.0947. The molecule has 8 heterocycles. The minimum Gasteiger partial charge on any atom is -0.464 e. The molecule has 0 bridgehead atoms. The number of fused-ring (bicyclic) bond motifs is 6. The molecule has 3 unspecified atom stereocenters. The second-order valence-corrected chi connectivity index (χ2v) is 23.6. The van der Waals surface area contributed by atoms with E-state index in [9.17, 15) is 19.2 Å². The molecule has 2 aromatic carbocycles. The summed E-state index contributed by atoms with van der Waals surface area (Å²) in [6.07, 6.45) is 12.1. The van der Waals surface area contributed by atoms with Gasteiger partial charge in [0.15, 0.2) is 0 Å². The fourth-order valence-electron chi connectivity index (χ4n) is 12.6. The predicted octanol–water partition coefficient (Wildman–Crippen LogP) is 9.70. The third-order valence-electron chi connectivity index (χ3n) is 16.8. The molecule has 4 aliphatic heterocycles. The summed E-state index contributed by atoms with van der Waals surface area (Å²) >= 11 is 1.73. The molecule has 0 radical (unpaired) electrons. The van der Waals surface area contributed by atoms with Crippen molar-refractivity contribution in [2.24, 2.45) is 17.8 Å². The molecule has 8 atom stereocenters. The molecule has 2 aliphatic carbocycles. The Morgan fingerprint density at radius 3 is 2.31 bits per heavy atom. The van der Waals surface area contributed by atoms with Crippen LogP contribution in [0.4, 0.5) is 9.59 Å². The van der Waals surface area contributed by atoms with Gasteiger partial charge in [-0.1, -0.05) is 26.3 Å². The number of aryl methyl sites for hydroxylation is 1. The highest BCUT2D eigenvalue weighted by atomic mass is 32.1. The standard InChI is InChI=1S/C56H66N10O8S/c1-28(2)46(62-54(69)71-6)51(67)64-16-9-12-39(64)48-57-26-37(61-48)33-18-29(3)45-41-21-34-19-31(13-14-38(34)66(41)53(74-43(45)23-33)44-27-59-50(75-44)30-10-8-11-30)36-25-58-49(60-36)42-22-35-20-40(35)65(42)52(68)47(63-55(70)72-7)32-15-17-73-56(4,5)24-32/h13-14,18-19,21,23,25-28,30,32,35,39-40,42,46-47,53H,8-12,15-17,20,22,24H2,1-7H3,(H,57,61)(H,58,60)(H,62,69)(H,63,70)/t32?,35-,39+,40-,42+,46+,47?,53?/m1/s1. The summed E-state index contributed by atoms with van der Waals surface area (Å²) in [5.41, 5.74) is 7.22. The van der Waals surface area contributed by atoms with Gasteiger partial charge in [-0.05, 0) is 126 Å². The van der Waals surface area contributed by atoms with Gasteiger partial charge in [0.1, 0.15) is 29.5 Å². The summed E-state index contributed by atoms with van der Waals surface area (Å²) in [4.78, 5) is 80.3. The van der Waals surface area contributed by atoms with Crippen LogP contribution in [0.1, 0.15) is 137 Å². The number of likely N-dealkylation sites (tertiary alicyclic amines) is 2. The van der Waals surface area contributed by atoms with Gasteiger partial charge in [0.05, 0.1) is 76.8 Å². The van der Waals surface area contributed by atoms with Gasteiger partial charge in [0, 0.05) is 53.4 Å². The van der Waals surface area contributed by atoms with Crippen LogP contribution < -0.4 is 15.4 Å². The van der Waals surface area contributed by atoms with E-state index in [-0.39, 0.29) is 41.8 Å². The first-order valence-corrected chi connectivity index (χ1v) is 27.5. The average Bonchev–Trinajstić information content (AvgIpc) is 4.14. The number of nitrogens with one attached hydrogen (secondary N) is 4. The molecule has 4 amide bonds. The van der Waals surface area contributed by atoms with Gasteiger partial charge in [0.25, 0.3) is 0 Å². The van der Waals surface area contributed by atoms with Crippen LogP contribution in [0, 0.1) is 24.7 Å². The number of benzene rings is 2. The van der Waals surface area contributed by atoms with E-state index < -0.39 is 36.1 Å². The summed E-state index contributed by atoms with van der Waals surface area (Å²) < 4.78 is 25.3. The highest BCUT2D eigenvalue weighted by Crippen LogP contribution is 2.54. The summed E-state index contributed by atoms with van der Waals surface area (Å²) in [7, 11) is 2.63. The van der Waals surface area contributed by atoms with Crippen LogP contribution in [0.3, 0.4) is 0 Å². The number of rotatable bonds is 12. The quantitative estimate of drug-likeness (QED) is 0.0906. The van der Waals surface area contributed by atoms with Crippen molar-refractivity contribution in [1.82, 2.24) is 49.9 Å². The van der Waals surface area contributed by atoms with Crippen molar-refractivity contribution in [3.05, 3.63) is 82.1 Å². The lowest BCUT2D eigenvalue weighted by Gasteiger charge is -2.40. The van der Waals surface area contributed by atoms with Crippen molar-refractivity contribution in [3.8, 4) is 39.5 Å². The van der Waals surface area contributed by atoms with Gasteiger partial charge in [0.2, 0.25) is 18.0 Å². The van der Waals surface area contributed by atoms with Crippen molar-refractivity contribution in [3.63, 3.8) is 0 Å². The molecule has 6 aromatic rings. The Morgan fingerprint density at radius 1 is 0.840 bits per heavy atom. The molecule has 75 heavy (non-hydrogen) atoms. The van der Waals surface area contributed by atoms with Gasteiger partial charge < -0.3 is 49.3 Å². The summed E-state index contributed by atoms with van der Waals surface area (Å²) in [6, 6.07) is 11.1.